The van der Waals surface area contributed by atoms with Crippen LogP contribution in [0, 0.1) is 6.92 Å². The molecule has 0 atom stereocenters. The number of pyridine rings is 1. The highest BCUT2D eigenvalue weighted by molar-refractivity contribution is 5.99. The second kappa shape index (κ2) is 8.04. The average Bonchev–Trinajstić information content (AvgIpc) is 2.50. The minimum absolute atomic E-state index is 0.361. The second-order valence-electron chi connectivity index (χ2n) is 5.14. The van der Waals surface area contributed by atoms with Crippen molar-refractivity contribution < 1.29 is 9.53 Å². The van der Waals surface area contributed by atoms with Crippen LogP contribution in [0.4, 0.5) is 16.3 Å². The van der Waals surface area contributed by atoms with Gasteiger partial charge in [-0.2, -0.15) is 0 Å². The van der Waals surface area contributed by atoms with E-state index >= 15 is 0 Å². The van der Waals surface area contributed by atoms with Crippen molar-refractivity contribution in [2.24, 2.45) is 0 Å². The van der Waals surface area contributed by atoms with Crippen LogP contribution in [0.5, 0.6) is 5.75 Å². The number of aromatic nitrogens is 3. The number of urea groups is 1. The van der Waals surface area contributed by atoms with Crippen LogP contribution in [-0.2, 0) is 0 Å². The maximum atomic E-state index is 12.0. The Morgan fingerprint density at radius 2 is 2.04 bits per heavy atom. The molecule has 0 fully saturated rings. The molecule has 0 aliphatic heterocycles. The molecule has 0 spiro atoms. The molecule has 2 amide bonds. The van der Waals surface area contributed by atoms with E-state index < -0.39 is 6.03 Å². The van der Waals surface area contributed by atoms with Crippen molar-refractivity contribution in [2.45, 2.75) is 6.92 Å². The molecular weight excluding hydrogens is 296 g/mol. The summed E-state index contributed by atoms with van der Waals surface area (Å²) in [7, 11) is 3.93. The van der Waals surface area contributed by atoms with Crippen molar-refractivity contribution in [3.05, 3.63) is 36.5 Å². The van der Waals surface area contributed by atoms with Crippen LogP contribution >= 0.6 is 0 Å². The summed E-state index contributed by atoms with van der Waals surface area (Å²) >= 11 is 0. The lowest BCUT2D eigenvalue weighted by Gasteiger charge is -2.15. The van der Waals surface area contributed by atoms with Gasteiger partial charge in [0.15, 0.2) is 5.82 Å². The molecule has 122 valence electrons. The van der Waals surface area contributed by atoms with Crippen LogP contribution in [-0.4, -0.2) is 53.1 Å². The fourth-order valence-electron chi connectivity index (χ4n) is 1.72. The van der Waals surface area contributed by atoms with Crippen LogP contribution in [0.25, 0.3) is 0 Å². The van der Waals surface area contributed by atoms with E-state index in [2.05, 4.69) is 25.6 Å². The lowest BCUT2D eigenvalue weighted by Crippen LogP contribution is -2.22. The van der Waals surface area contributed by atoms with Gasteiger partial charge in [0.25, 0.3) is 0 Å². The molecule has 0 aromatic carbocycles. The number of carbonyl (C=O) groups is 1. The topological polar surface area (TPSA) is 92.3 Å². The molecule has 0 aliphatic rings. The fraction of sp³-hybridized carbons (Fsp3) is 0.333. The van der Waals surface area contributed by atoms with Gasteiger partial charge in [-0.05, 0) is 21.0 Å². The normalized spacial score (nSPS) is 10.4. The van der Waals surface area contributed by atoms with Crippen molar-refractivity contribution in [3.63, 3.8) is 0 Å². The van der Waals surface area contributed by atoms with Crippen LogP contribution in [0.15, 0.2) is 30.9 Å². The highest BCUT2D eigenvalue weighted by Gasteiger charge is 2.10. The summed E-state index contributed by atoms with van der Waals surface area (Å²) in [6.45, 7) is 3.14. The first kappa shape index (κ1) is 16.6. The van der Waals surface area contributed by atoms with Crippen LogP contribution in [0.3, 0.4) is 0 Å². The van der Waals surface area contributed by atoms with E-state index in [4.69, 9.17) is 4.74 Å². The Labute approximate surface area is 134 Å². The zero-order valence-electron chi connectivity index (χ0n) is 13.4. The molecule has 8 heteroatoms. The fourth-order valence-corrected chi connectivity index (χ4v) is 1.72. The first-order chi connectivity index (χ1) is 11.0. The Hall–Kier alpha value is -2.74. The number of likely N-dealkylation sites (N-methyl/N-ethyl adjacent to an activating group) is 1. The number of nitrogens with zero attached hydrogens (tertiary/aromatic N) is 4. The molecular formula is C15H20N6O2. The molecule has 2 rings (SSSR count). The molecule has 2 heterocycles. The van der Waals surface area contributed by atoms with Crippen molar-refractivity contribution >= 4 is 17.5 Å². The molecule has 2 aromatic heterocycles. The molecule has 0 aliphatic carbocycles. The smallest absolute Gasteiger partial charge is 0.325 e. The van der Waals surface area contributed by atoms with Gasteiger partial charge in [0.1, 0.15) is 18.0 Å². The summed E-state index contributed by atoms with van der Waals surface area (Å²) in [5.41, 5.74) is 1.31. The standard InChI is InChI=1S/C15H20N6O2/c1-11-8-13(23-7-6-21(2)3)12(9-18-11)19-15(22)20-14-10-16-4-5-17-14/h4-5,8-10H,6-7H2,1-3H3,(H2,17,19,20,22). The van der Waals surface area contributed by atoms with Gasteiger partial charge in [-0.1, -0.05) is 0 Å². The summed E-state index contributed by atoms with van der Waals surface area (Å²) in [6, 6.07) is 1.35. The molecule has 2 aromatic rings. The van der Waals surface area contributed by atoms with Gasteiger partial charge in [-0.15, -0.1) is 0 Å². The maximum Gasteiger partial charge on any atom is 0.325 e. The number of nitrogens with one attached hydrogen (secondary N) is 2. The Bertz CT molecular complexity index is 648. The van der Waals surface area contributed by atoms with Gasteiger partial charge < -0.3 is 15.0 Å². The Kier molecular flexibility index (Phi) is 5.81. The van der Waals surface area contributed by atoms with Gasteiger partial charge in [-0.25, -0.2) is 9.78 Å². The highest BCUT2D eigenvalue weighted by Crippen LogP contribution is 2.24. The zero-order chi connectivity index (χ0) is 16.7. The summed E-state index contributed by atoms with van der Waals surface area (Å²) in [5.74, 6) is 0.939. The molecule has 23 heavy (non-hydrogen) atoms. The number of hydrogen-bond donors (Lipinski definition) is 2. The molecule has 0 unspecified atom stereocenters. The number of aryl methyl sites for hydroxylation is 1. The third kappa shape index (κ3) is 5.51. The third-order valence-corrected chi connectivity index (χ3v) is 2.85. The largest absolute Gasteiger partial charge is 0.490 e. The van der Waals surface area contributed by atoms with Crippen LogP contribution in [0.1, 0.15) is 5.69 Å². The minimum atomic E-state index is -0.436. The van der Waals surface area contributed by atoms with E-state index in [1.165, 1.54) is 18.6 Å². The third-order valence-electron chi connectivity index (χ3n) is 2.85. The number of hydrogen-bond acceptors (Lipinski definition) is 6. The Morgan fingerprint density at radius 1 is 1.22 bits per heavy atom. The predicted octanol–water partition coefficient (Wildman–Crippen LogP) is 1.76. The van der Waals surface area contributed by atoms with Crippen LogP contribution in [0.2, 0.25) is 0 Å². The molecule has 0 radical (unpaired) electrons. The van der Waals surface area contributed by atoms with Gasteiger partial charge in [0, 0.05) is 30.7 Å². The number of anilines is 2. The minimum Gasteiger partial charge on any atom is -0.490 e. The van der Waals surface area contributed by atoms with Crippen molar-refractivity contribution in [2.75, 3.05) is 37.9 Å². The molecule has 8 nitrogen and oxygen atoms in total. The number of amides is 2. The summed E-state index contributed by atoms with van der Waals surface area (Å²) < 4.78 is 5.73. The van der Waals surface area contributed by atoms with Gasteiger partial charge in [0.05, 0.1) is 12.4 Å². The van der Waals surface area contributed by atoms with E-state index in [-0.39, 0.29) is 0 Å². The summed E-state index contributed by atoms with van der Waals surface area (Å²) in [5, 5.41) is 5.30. The van der Waals surface area contributed by atoms with Crippen molar-refractivity contribution in [1.82, 2.24) is 19.9 Å². The maximum absolute atomic E-state index is 12.0. The van der Waals surface area contributed by atoms with E-state index in [9.17, 15) is 4.79 Å². The number of rotatable bonds is 6. The first-order valence-corrected chi connectivity index (χ1v) is 7.13. The van der Waals surface area contributed by atoms with Crippen molar-refractivity contribution in [3.8, 4) is 5.75 Å². The van der Waals surface area contributed by atoms with E-state index in [0.717, 1.165) is 12.2 Å². The van der Waals surface area contributed by atoms with E-state index in [0.29, 0.717) is 23.9 Å². The summed E-state index contributed by atoms with van der Waals surface area (Å²) in [4.78, 5) is 26.1. The first-order valence-electron chi connectivity index (χ1n) is 7.13. The van der Waals surface area contributed by atoms with Crippen LogP contribution < -0.4 is 15.4 Å². The molecule has 2 N–H and O–H groups in total. The van der Waals surface area contributed by atoms with Gasteiger partial charge in [0.2, 0.25) is 0 Å². The van der Waals surface area contributed by atoms with Gasteiger partial charge in [-0.3, -0.25) is 15.3 Å². The lowest BCUT2D eigenvalue weighted by molar-refractivity contribution is 0.258. The molecule has 0 saturated heterocycles. The lowest BCUT2D eigenvalue weighted by atomic mass is 10.3. The Morgan fingerprint density at radius 3 is 2.74 bits per heavy atom. The monoisotopic (exact) mass is 316 g/mol. The summed E-state index contributed by atoms with van der Waals surface area (Å²) in [6.07, 6.45) is 6.06. The van der Waals surface area contributed by atoms with E-state index in [1.54, 1.807) is 12.3 Å². The average molecular weight is 316 g/mol. The quantitative estimate of drug-likeness (QED) is 0.844. The van der Waals surface area contributed by atoms with Crippen molar-refractivity contribution in [1.29, 1.82) is 0 Å². The highest BCUT2D eigenvalue weighted by atomic mass is 16.5. The predicted molar refractivity (Wildman–Crippen MR) is 87.7 cm³/mol. The number of ether oxygens (including phenoxy) is 1. The number of carbonyl (C=O) groups excluding carboxylic acids is 1. The zero-order valence-corrected chi connectivity index (χ0v) is 13.4. The van der Waals surface area contributed by atoms with Gasteiger partial charge >= 0.3 is 6.03 Å². The van der Waals surface area contributed by atoms with E-state index in [1.807, 2.05) is 25.9 Å². The SMILES string of the molecule is Cc1cc(OCCN(C)C)c(NC(=O)Nc2cnccn2)cn1. The molecule has 0 bridgehead atoms. The molecule has 0 saturated carbocycles. The second-order valence-corrected chi connectivity index (χ2v) is 5.14. The Balaban J connectivity index is 2.02.